The zero-order chi connectivity index (χ0) is 19.1. The third kappa shape index (κ3) is 5.51. The van der Waals surface area contributed by atoms with E-state index in [4.69, 9.17) is 9.47 Å². The fraction of sp³-hybridized carbons (Fsp3) is 0.409. The highest BCUT2D eigenvalue weighted by atomic mass is 16.5. The van der Waals surface area contributed by atoms with E-state index in [-0.39, 0.29) is 5.91 Å². The van der Waals surface area contributed by atoms with Gasteiger partial charge in [0.15, 0.2) is 6.10 Å². The number of amides is 1. The zero-order valence-corrected chi connectivity index (χ0v) is 16.4. The maximum Gasteiger partial charge on any atom is 0.261 e. The van der Waals surface area contributed by atoms with Crippen molar-refractivity contribution in [2.24, 2.45) is 0 Å². The molecule has 2 aromatic carbocycles. The Balaban J connectivity index is 1.84. The van der Waals surface area contributed by atoms with E-state index in [0.29, 0.717) is 19.6 Å². The van der Waals surface area contributed by atoms with Crippen LogP contribution in [0.5, 0.6) is 11.5 Å². The minimum atomic E-state index is -0.503. The molecule has 1 N–H and O–H groups in total. The fourth-order valence-electron chi connectivity index (χ4n) is 2.82. The zero-order valence-electron chi connectivity index (χ0n) is 16.4. The summed E-state index contributed by atoms with van der Waals surface area (Å²) in [6.45, 7) is 10.9. The minimum absolute atomic E-state index is 0.115. The highest BCUT2D eigenvalue weighted by Crippen LogP contribution is 2.20. The molecule has 1 amide bonds. The van der Waals surface area contributed by atoms with E-state index in [1.54, 1.807) is 0 Å². The summed E-state index contributed by atoms with van der Waals surface area (Å²) in [5.74, 6) is 1.48. The Labute approximate surface area is 156 Å². The van der Waals surface area contributed by atoms with Crippen LogP contribution in [-0.4, -0.2) is 25.2 Å². The summed E-state index contributed by atoms with van der Waals surface area (Å²) in [6, 6.07) is 12.0. The molecule has 0 bridgehead atoms. The smallest absolute Gasteiger partial charge is 0.261 e. The molecule has 0 aliphatic carbocycles. The Morgan fingerprint density at radius 1 is 1.08 bits per heavy atom. The second-order valence-corrected chi connectivity index (χ2v) is 6.68. The summed E-state index contributed by atoms with van der Waals surface area (Å²) in [7, 11) is 0. The van der Waals surface area contributed by atoms with Crippen molar-refractivity contribution in [3.63, 3.8) is 0 Å². The number of hydrogen-bond donors (Lipinski definition) is 1. The Hall–Kier alpha value is -2.49. The van der Waals surface area contributed by atoms with Crippen molar-refractivity contribution in [1.82, 2.24) is 5.32 Å². The summed E-state index contributed by atoms with van der Waals surface area (Å²) in [6.07, 6.45) is 0.105. The summed E-state index contributed by atoms with van der Waals surface area (Å²) >= 11 is 0. The molecule has 0 saturated carbocycles. The van der Waals surface area contributed by atoms with E-state index in [1.807, 2.05) is 52.0 Å². The van der Waals surface area contributed by atoms with Crippen molar-refractivity contribution < 1.29 is 14.3 Å². The van der Waals surface area contributed by atoms with Crippen LogP contribution < -0.4 is 14.8 Å². The minimum Gasteiger partial charge on any atom is -0.491 e. The number of aryl methyl sites for hydroxylation is 3. The van der Waals surface area contributed by atoms with Crippen molar-refractivity contribution in [2.45, 2.75) is 47.1 Å². The first kappa shape index (κ1) is 19.8. The van der Waals surface area contributed by atoms with E-state index >= 15 is 0 Å². The number of nitrogens with one attached hydrogen (secondary N) is 1. The topological polar surface area (TPSA) is 47.6 Å². The molecular weight excluding hydrogens is 326 g/mol. The molecule has 0 heterocycles. The first-order chi connectivity index (χ1) is 12.4. The molecule has 0 fully saturated rings. The van der Waals surface area contributed by atoms with Gasteiger partial charge in [0.2, 0.25) is 0 Å². The van der Waals surface area contributed by atoms with Crippen LogP contribution in [0, 0.1) is 27.7 Å². The van der Waals surface area contributed by atoms with Crippen LogP contribution in [0.4, 0.5) is 0 Å². The van der Waals surface area contributed by atoms with Crippen molar-refractivity contribution in [2.75, 3.05) is 13.2 Å². The molecule has 0 aliphatic rings. The predicted octanol–water partition coefficient (Wildman–Crippen LogP) is 4.27. The van der Waals surface area contributed by atoms with E-state index in [0.717, 1.165) is 28.2 Å². The van der Waals surface area contributed by atoms with Gasteiger partial charge in [0, 0.05) is 0 Å². The van der Waals surface area contributed by atoms with Gasteiger partial charge in [-0.1, -0.05) is 25.1 Å². The molecule has 26 heavy (non-hydrogen) atoms. The molecule has 2 aromatic rings. The summed E-state index contributed by atoms with van der Waals surface area (Å²) in [5, 5.41) is 2.90. The van der Waals surface area contributed by atoms with Crippen molar-refractivity contribution in [3.05, 3.63) is 58.7 Å². The van der Waals surface area contributed by atoms with Gasteiger partial charge >= 0.3 is 0 Å². The molecule has 0 spiro atoms. The van der Waals surface area contributed by atoms with Gasteiger partial charge in [-0.2, -0.15) is 0 Å². The Kier molecular flexibility index (Phi) is 7.07. The number of carbonyl (C=O) groups is 1. The van der Waals surface area contributed by atoms with Gasteiger partial charge in [-0.3, -0.25) is 4.79 Å². The highest BCUT2D eigenvalue weighted by molar-refractivity contribution is 5.81. The van der Waals surface area contributed by atoms with Crippen molar-refractivity contribution in [1.29, 1.82) is 0 Å². The first-order valence-corrected chi connectivity index (χ1v) is 9.12. The van der Waals surface area contributed by atoms with Gasteiger partial charge in [0.1, 0.15) is 18.1 Å². The molecule has 4 nitrogen and oxygen atoms in total. The average molecular weight is 355 g/mol. The molecule has 0 aromatic heterocycles. The lowest BCUT2D eigenvalue weighted by atomic mass is 10.1. The van der Waals surface area contributed by atoms with Crippen LogP contribution in [0.1, 0.15) is 35.6 Å². The van der Waals surface area contributed by atoms with Gasteiger partial charge in [-0.25, -0.2) is 0 Å². The molecule has 1 atom stereocenters. The molecule has 0 aliphatic heterocycles. The number of hydrogen-bond acceptors (Lipinski definition) is 3. The maximum absolute atomic E-state index is 12.4. The van der Waals surface area contributed by atoms with Gasteiger partial charge in [0.25, 0.3) is 5.91 Å². The van der Waals surface area contributed by atoms with Crippen molar-refractivity contribution in [3.8, 4) is 11.5 Å². The number of benzene rings is 2. The van der Waals surface area contributed by atoms with Gasteiger partial charge in [-0.15, -0.1) is 0 Å². The van der Waals surface area contributed by atoms with Crippen LogP contribution in [0.3, 0.4) is 0 Å². The molecule has 0 radical (unpaired) electrons. The SMILES string of the molecule is CCC(Oc1cc(C)cc(C)c1)C(=O)NCCOc1cccc(C)c1C. The lowest BCUT2D eigenvalue weighted by Crippen LogP contribution is -2.39. The lowest BCUT2D eigenvalue weighted by Gasteiger charge is -2.18. The standard InChI is InChI=1S/C22H29NO3/c1-6-20(26-19-13-15(2)12-16(3)14-19)22(24)23-10-11-25-21-9-7-8-17(4)18(21)5/h7-9,12-14,20H,6,10-11H2,1-5H3,(H,23,24). The second-order valence-electron chi connectivity index (χ2n) is 6.68. The average Bonchev–Trinajstić information content (AvgIpc) is 2.59. The lowest BCUT2D eigenvalue weighted by molar-refractivity contribution is -0.128. The largest absolute Gasteiger partial charge is 0.491 e. The fourth-order valence-corrected chi connectivity index (χ4v) is 2.82. The maximum atomic E-state index is 12.4. The van der Waals surface area contributed by atoms with Crippen LogP contribution in [0.2, 0.25) is 0 Å². The van der Waals surface area contributed by atoms with Crippen LogP contribution in [-0.2, 0) is 4.79 Å². The number of ether oxygens (including phenoxy) is 2. The van der Waals surface area contributed by atoms with Gasteiger partial charge < -0.3 is 14.8 Å². The summed E-state index contributed by atoms with van der Waals surface area (Å²) in [5.41, 5.74) is 4.57. The van der Waals surface area contributed by atoms with E-state index < -0.39 is 6.10 Å². The molecule has 4 heteroatoms. The number of carbonyl (C=O) groups excluding carboxylic acids is 1. The summed E-state index contributed by atoms with van der Waals surface area (Å²) < 4.78 is 11.7. The van der Waals surface area contributed by atoms with E-state index in [2.05, 4.69) is 24.4 Å². The third-order valence-electron chi connectivity index (χ3n) is 4.35. The molecule has 0 saturated heterocycles. The highest BCUT2D eigenvalue weighted by Gasteiger charge is 2.18. The molecule has 2 rings (SSSR count). The third-order valence-corrected chi connectivity index (χ3v) is 4.35. The number of rotatable bonds is 8. The van der Waals surface area contributed by atoms with Crippen LogP contribution in [0.25, 0.3) is 0 Å². The molecule has 140 valence electrons. The van der Waals surface area contributed by atoms with Crippen LogP contribution in [0.15, 0.2) is 36.4 Å². The monoisotopic (exact) mass is 355 g/mol. The van der Waals surface area contributed by atoms with Gasteiger partial charge in [-0.05, 0) is 74.6 Å². The van der Waals surface area contributed by atoms with Crippen LogP contribution >= 0.6 is 0 Å². The van der Waals surface area contributed by atoms with E-state index in [9.17, 15) is 4.79 Å². The molecular formula is C22H29NO3. The van der Waals surface area contributed by atoms with Gasteiger partial charge in [0.05, 0.1) is 6.54 Å². The summed E-state index contributed by atoms with van der Waals surface area (Å²) in [4.78, 5) is 12.4. The Bertz CT molecular complexity index is 735. The van der Waals surface area contributed by atoms with Crippen molar-refractivity contribution >= 4 is 5.91 Å². The first-order valence-electron chi connectivity index (χ1n) is 9.12. The quantitative estimate of drug-likeness (QED) is 0.719. The predicted molar refractivity (Wildman–Crippen MR) is 105 cm³/mol. The van der Waals surface area contributed by atoms with E-state index in [1.165, 1.54) is 5.56 Å². The normalized spacial score (nSPS) is 11.7. The Morgan fingerprint density at radius 2 is 1.77 bits per heavy atom. The molecule has 1 unspecified atom stereocenters. The Morgan fingerprint density at radius 3 is 2.42 bits per heavy atom. The second kappa shape index (κ2) is 9.27.